The Kier molecular flexibility index (Phi) is 6.04. The lowest BCUT2D eigenvalue weighted by molar-refractivity contribution is 0.668. The Bertz CT molecular complexity index is 514. The predicted octanol–water partition coefficient (Wildman–Crippen LogP) is 4.39. The van der Waals surface area contributed by atoms with Gasteiger partial charge in [-0.25, -0.2) is 4.98 Å². The van der Waals surface area contributed by atoms with E-state index in [1.54, 1.807) is 0 Å². The topological polar surface area (TPSA) is 48.7 Å². The molecule has 0 aliphatic heterocycles. The zero-order valence-corrected chi connectivity index (χ0v) is 13.5. The normalized spacial score (nSPS) is 13.6. The lowest BCUT2D eigenvalue weighted by Crippen LogP contribution is -2.15. The minimum atomic E-state index is 0.803. The maximum atomic E-state index is 9.55. The van der Waals surface area contributed by atoms with Crippen LogP contribution >= 0.6 is 0 Å². The molecule has 1 aromatic heterocycles. The van der Waals surface area contributed by atoms with Gasteiger partial charge in [0.1, 0.15) is 11.9 Å². The van der Waals surface area contributed by atoms with Crippen molar-refractivity contribution in [3.05, 3.63) is 22.4 Å². The van der Waals surface area contributed by atoms with Gasteiger partial charge in [0, 0.05) is 12.2 Å². The monoisotopic (exact) mass is 285 g/mol. The van der Waals surface area contributed by atoms with Crippen LogP contribution in [0.2, 0.25) is 0 Å². The van der Waals surface area contributed by atoms with Crippen LogP contribution in [-0.2, 0) is 19.3 Å². The number of aryl methyl sites for hydroxylation is 1. The quantitative estimate of drug-likeness (QED) is 0.756. The first-order valence-electron chi connectivity index (χ1n) is 8.50. The summed E-state index contributed by atoms with van der Waals surface area (Å²) in [7, 11) is 0. The molecule has 3 heteroatoms. The minimum absolute atomic E-state index is 0.803. The Hall–Kier alpha value is -1.56. The van der Waals surface area contributed by atoms with Gasteiger partial charge in [0.2, 0.25) is 0 Å². The SMILES string of the molecule is CCCCCCNc1nc(CC)c2c(c1C#N)CCCC2. The van der Waals surface area contributed by atoms with Gasteiger partial charge in [0.15, 0.2) is 0 Å². The Balaban J connectivity index is 2.18. The zero-order chi connectivity index (χ0) is 15.1. The summed E-state index contributed by atoms with van der Waals surface area (Å²) in [5.74, 6) is 0.825. The highest BCUT2D eigenvalue weighted by Gasteiger charge is 2.21. The Morgan fingerprint density at radius 1 is 1.10 bits per heavy atom. The third-order valence-electron chi connectivity index (χ3n) is 4.37. The van der Waals surface area contributed by atoms with Gasteiger partial charge in [-0.3, -0.25) is 0 Å². The van der Waals surface area contributed by atoms with Gasteiger partial charge in [0.05, 0.1) is 5.56 Å². The van der Waals surface area contributed by atoms with E-state index in [1.165, 1.54) is 48.9 Å². The summed E-state index contributed by atoms with van der Waals surface area (Å²) in [5, 5.41) is 13.0. The maximum absolute atomic E-state index is 9.55. The van der Waals surface area contributed by atoms with Crippen LogP contribution in [0.25, 0.3) is 0 Å². The molecule has 0 saturated heterocycles. The van der Waals surface area contributed by atoms with Crippen molar-refractivity contribution in [2.75, 3.05) is 11.9 Å². The van der Waals surface area contributed by atoms with Crippen molar-refractivity contribution < 1.29 is 0 Å². The van der Waals surface area contributed by atoms with E-state index in [1.807, 2.05) is 0 Å². The molecule has 0 unspecified atom stereocenters. The van der Waals surface area contributed by atoms with E-state index in [0.717, 1.165) is 43.6 Å². The number of nitrogens with zero attached hydrogens (tertiary/aromatic N) is 2. The smallest absolute Gasteiger partial charge is 0.144 e. The summed E-state index contributed by atoms with van der Waals surface area (Å²) in [4.78, 5) is 4.76. The van der Waals surface area contributed by atoms with Crippen molar-refractivity contribution in [3.63, 3.8) is 0 Å². The second kappa shape index (κ2) is 8.02. The molecule has 1 N–H and O–H groups in total. The minimum Gasteiger partial charge on any atom is -0.369 e. The van der Waals surface area contributed by atoms with Crippen molar-refractivity contribution in [2.45, 2.75) is 71.6 Å². The van der Waals surface area contributed by atoms with E-state index in [2.05, 4.69) is 25.2 Å². The second-order valence-corrected chi connectivity index (χ2v) is 5.90. The number of unbranched alkanes of at least 4 members (excludes halogenated alkanes) is 3. The van der Waals surface area contributed by atoms with Crippen LogP contribution in [0.1, 0.15) is 74.8 Å². The lowest BCUT2D eigenvalue weighted by atomic mass is 9.87. The molecule has 1 aromatic rings. The van der Waals surface area contributed by atoms with E-state index >= 15 is 0 Å². The van der Waals surface area contributed by atoms with Crippen LogP contribution in [0.15, 0.2) is 0 Å². The number of hydrogen-bond donors (Lipinski definition) is 1. The first-order valence-corrected chi connectivity index (χ1v) is 8.50. The molecule has 1 heterocycles. The molecule has 2 rings (SSSR count). The number of anilines is 1. The van der Waals surface area contributed by atoms with Crippen LogP contribution in [0, 0.1) is 11.3 Å². The van der Waals surface area contributed by atoms with Crippen LogP contribution in [0.3, 0.4) is 0 Å². The molecule has 3 nitrogen and oxygen atoms in total. The molecular formula is C18H27N3. The fourth-order valence-electron chi connectivity index (χ4n) is 3.20. The number of nitriles is 1. The van der Waals surface area contributed by atoms with Gasteiger partial charge in [-0.1, -0.05) is 33.1 Å². The molecule has 114 valence electrons. The highest BCUT2D eigenvalue weighted by atomic mass is 15.0. The number of rotatable bonds is 7. The van der Waals surface area contributed by atoms with Gasteiger partial charge in [0.25, 0.3) is 0 Å². The van der Waals surface area contributed by atoms with Crippen LogP contribution in [0.5, 0.6) is 0 Å². The molecule has 0 spiro atoms. The van der Waals surface area contributed by atoms with Gasteiger partial charge >= 0.3 is 0 Å². The van der Waals surface area contributed by atoms with Crippen molar-refractivity contribution in [1.82, 2.24) is 4.98 Å². The van der Waals surface area contributed by atoms with Crippen LogP contribution in [-0.4, -0.2) is 11.5 Å². The average molecular weight is 285 g/mol. The van der Waals surface area contributed by atoms with E-state index in [4.69, 9.17) is 4.98 Å². The van der Waals surface area contributed by atoms with Gasteiger partial charge < -0.3 is 5.32 Å². The summed E-state index contributed by atoms with van der Waals surface area (Å²) < 4.78 is 0. The van der Waals surface area contributed by atoms with E-state index < -0.39 is 0 Å². The first-order chi connectivity index (χ1) is 10.3. The highest BCUT2D eigenvalue weighted by molar-refractivity contribution is 5.60. The molecular weight excluding hydrogens is 258 g/mol. The van der Waals surface area contributed by atoms with E-state index in [0.29, 0.717) is 0 Å². The fourth-order valence-corrected chi connectivity index (χ4v) is 3.20. The number of fused-ring (bicyclic) bond motifs is 1. The maximum Gasteiger partial charge on any atom is 0.144 e. The summed E-state index contributed by atoms with van der Waals surface area (Å²) >= 11 is 0. The zero-order valence-electron chi connectivity index (χ0n) is 13.5. The third kappa shape index (κ3) is 3.75. The molecule has 1 aliphatic carbocycles. The molecule has 0 aromatic carbocycles. The summed E-state index contributed by atoms with van der Waals surface area (Å²) in [6, 6.07) is 2.40. The number of aromatic nitrogens is 1. The second-order valence-electron chi connectivity index (χ2n) is 5.90. The molecule has 0 atom stereocenters. The van der Waals surface area contributed by atoms with Crippen molar-refractivity contribution in [3.8, 4) is 6.07 Å². The van der Waals surface area contributed by atoms with Gasteiger partial charge in [-0.2, -0.15) is 5.26 Å². The molecule has 1 aliphatic rings. The van der Waals surface area contributed by atoms with Crippen molar-refractivity contribution in [1.29, 1.82) is 5.26 Å². The van der Waals surface area contributed by atoms with Gasteiger partial charge in [-0.15, -0.1) is 0 Å². The van der Waals surface area contributed by atoms with Gasteiger partial charge in [-0.05, 0) is 49.7 Å². The first kappa shape index (κ1) is 15.8. The average Bonchev–Trinajstić information content (AvgIpc) is 2.53. The van der Waals surface area contributed by atoms with E-state index in [-0.39, 0.29) is 0 Å². The van der Waals surface area contributed by atoms with Crippen LogP contribution in [0.4, 0.5) is 5.82 Å². The highest BCUT2D eigenvalue weighted by Crippen LogP contribution is 2.30. The number of hydrogen-bond acceptors (Lipinski definition) is 3. The largest absolute Gasteiger partial charge is 0.369 e. The van der Waals surface area contributed by atoms with Crippen LogP contribution < -0.4 is 5.32 Å². The molecule has 21 heavy (non-hydrogen) atoms. The number of nitrogens with one attached hydrogen (secondary N) is 1. The summed E-state index contributed by atoms with van der Waals surface area (Å²) in [5.41, 5.74) is 4.63. The standard InChI is InChI=1S/C18H27N3/c1-3-5-6-9-12-20-18-16(13-19)14-10-7-8-11-15(14)17(4-2)21-18/h3-12H2,1-2H3,(H,20,21). The Morgan fingerprint density at radius 3 is 2.52 bits per heavy atom. The molecule has 0 amide bonds. The molecule has 0 saturated carbocycles. The van der Waals surface area contributed by atoms with Crippen molar-refractivity contribution >= 4 is 5.82 Å². The van der Waals surface area contributed by atoms with Crippen molar-refractivity contribution in [2.24, 2.45) is 0 Å². The Morgan fingerprint density at radius 2 is 1.86 bits per heavy atom. The molecule has 0 fully saturated rings. The fraction of sp³-hybridized carbons (Fsp3) is 0.667. The third-order valence-corrected chi connectivity index (χ3v) is 4.37. The van der Waals surface area contributed by atoms with E-state index in [9.17, 15) is 5.26 Å². The molecule has 0 bridgehead atoms. The lowest BCUT2D eigenvalue weighted by Gasteiger charge is -2.22. The Labute approximate surface area is 128 Å². The molecule has 0 radical (unpaired) electrons. The number of pyridine rings is 1. The predicted molar refractivity (Wildman–Crippen MR) is 87.6 cm³/mol. The summed E-state index contributed by atoms with van der Waals surface area (Å²) in [6.45, 7) is 5.30. The summed E-state index contributed by atoms with van der Waals surface area (Å²) in [6.07, 6.45) is 10.5.